The maximum Gasteiger partial charge on any atom is 0.306 e. The van der Waals surface area contributed by atoms with Gasteiger partial charge in [-0.05, 0) is 17.0 Å². The predicted octanol–water partition coefficient (Wildman–Crippen LogP) is 2.59. The number of aryl methyl sites for hydroxylation is 1. The lowest BCUT2D eigenvalue weighted by Gasteiger charge is -2.06. The molecule has 2 aromatic heterocycles. The van der Waals surface area contributed by atoms with E-state index in [2.05, 4.69) is 15.5 Å². The molecule has 2 heterocycles. The molecule has 0 saturated heterocycles. The Morgan fingerprint density at radius 3 is 2.81 bits per heavy atom. The summed E-state index contributed by atoms with van der Waals surface area (Å²) in [4.78, 5) is 27.7. The first kappa shape index (κ1) is 17.8. The van der Waals surface area contributed by atoms with E-state index in [0.717, 1.165) is 11.1 Å². The highest BCUT2D eigenvalue weighted by Gasteiger charge is 2.12. The molecule has 8 heteroatoms. The number of nitrogens with zero attached hydrogens (tertiary/aromatic N) is 2. The molecule has 1 amide bonds. The number of aromatic nitrogens is 2. The molecule has 134 valence electrons. The van der Waals surface area contributed by atoms with Gasteiger partial charge in [-0.3, -0.25) is 9.59 Å². The number of rotatable bonds is 8. The van der Waals surface area contributed by atoms with Gasteiger partial charge in [-0.1, -0.05) is 35.5 Å². The monoisotopic (exact) mass is 371 g/mol. The van der Waals surface area contributed by atoms with Crippen LogP contribution in [0.4, 0.5) is 0 Å². The summed E-state index contributed by atoms with van der Waals surface area (Å²) < 4.78 is 10.1. The first-order valence-electron chi connectivity index (χ1n) is 8.02. The first-order valence-corrected chi connectivity index (χ1v) is 8.96. The number of esters is 1. The largest absolute Gasteiger partial charge is 0.456 e. The Labute approximate surface area is 154 Å². The molecular weight excluding hydrogens is 354 g/mol. The van der Waals surface area contributed by atoms with Crippen LogP contribution in [0.1, 0.15) is 17.9 Å². The lowest BCUT2D eigenvalue weighted by molar-refractivity contribution is -0.148. The van der Waals surface area contributed by atoms with Crippen molar-refractivity contribution in [3.05, 3.63) is 58.6 Å². The van der Waals surface area contributed by atoms with Crippen molar-refractivity contribution in [2.24, 2.45) is 0 Å². The number of hydrogen-bond donors (Lipinski definition) is 1. The van der Waals surface area contributed by atoms with Crippen LogP contribution in [-0.2, 0) is 27.3 Å². The van der Waals surface area contributed by atoms with E-state index in [4.69, 9.17) is 9.26 Å². The lowest BCUT2D eigenvalue weighted by atomic mass is 10.2. The average molecular weight is 371 g/mol. The predicted molar refractivity (Wildman–Crippen MR) is 95.2 cm³/mol. The van der Waals surface area contributed by atoms with Gasteiger partial charge in [0.1, 0.15) is 0 Å². The summed E-state index contributed by atoms with van der Waals surface area (Å²) in [5.41, 5.74) is 1.85. The topological polar surface area (TPSA) is 94.3 Å². The Kier molecular flexibility index (Phi) is 6.10. The van der Waals surface area contributed by atoms with Gasteiger partial charge >= 0.3 is 5.97 Å². The summed E-state index contributed by atoms with van der Waals surface area (Å²) in [6.07, 6.45) is 0.332. The molecule has 0 radical (unpaired) electrons. The summed E-state index contributed by atoms with van der Waals surface area (Å²) in [6, 6.07) is 11.4. The molecule has 0 spiro atoms. The molecule has 0 aliphatic heterocycles. The summed E-state index contributed by atoms with van der Waals surface area (Å²) in [7, 11) is 0. The normalized spacial score (nSPS) is 10.5. The van der Waals surface area contributed by atoms with Gasteiger partial charge in [0.15, 0.2) is 6.61 Å². The van der Waals surface area contributed by atoms with E-state index in [9.17, 15) is 9.59 Å². The van der Waals surface area contributed by atoms with Crippen molar-refractivity contribution in [1.82, 2.24) is 15.5 Å². The number of hydrogen-bond acceptors (Lipinski definition) is 7. The van der Waals surface area contributed by atoms with Crippen LogP contribution in [0, 0.1) is 0 Å². The summed E-state index contributed by atoms with van der Waals surface area (Å²) in [6.45, 7) is 0.0836. The Morgan fingerprint density at radius 1 is 1.19 bits per heavy atom. The molecule has 26 heavy (non-hydrogen) atoms. The number of nitrogens with one attached hydrogen (secondary N) is 1. The van der Waals surface area contributed by atoms with Crippen LogP contribution in [0.25, 0.3) is 11.4 Å². The van der Waals surface area contributed by atoms with E-state index >= 15 is 0 Å². The van der Waals surface area contributed by atoms with E-state index in [-0.39, 0.29) is 25.4 Å². The number of thiophene rings is 1. The molecule has 0 aliphatic rings. The highest BCUT2D eigenvalue weighted by molar-refractivity contribution is 7.08. The minimum absolute atomic E-state index is 0.0667. The van der Waals surface area contributed by atoms with Crippen molar-refractivity contribution >= 4 is 23.2 Å². The number of carbonyl (C=O) groups is 2. The summed E-state index contributed by atoms with van der Waals surface area (Å²) in [5, 5.41) is 10.4. The van der Waals surface area contributed by atoms with E-state index in [0.29, 0.717) is 18.3 Å². The molecule has 0 unspecified atom stereocenters. The van der Waals surface area contributed by atoms with Crippen molar-refractivity contribution in [2.45, 2.75) is 19.4 Å². The van der Waals surface area contributed by atoms with Crippen molar-refractivity contribution in [3.63, 3.8) is 0 Å². The van der Waals surface area contributed by atoms with Crippen LogP contribution in [0.5, 0.6) is 0 Å². The van der Waals surface area contributed by atoms with E-state index < -0.39 is 5.97 Å². The average Bonchev–Trinajstić information content (AvgIpc) is 3.35. The van der Waals surface area contributed by atoms with Crippen molar-refractivity contribution in [1.29, 1.82) is 0 Å². The van der Waals surface area contributed by atoms with Gasteiger partial charge in [-0.25, -0.2) is 0 Å². The quantitative estimate of drug-likeness (QED) is 0.612. The zero-order chi connectivity index (χ0) is 18.2. The molecule has 0 fully saturated rings. The van der Waals surface area contributed by atoms with Gasteiger partial charge in [0.2, 0.25) is 11.7 Å². The van der Waals surface area contributed by atoms with Gasteiger partial charge < -0.3 is 14.6 Å². The minimum atomic E-state index is -0.491. The van der Waals surface area contributed by atoms with Crippen molar-refractivity contribution in [3.8, 4) is 11.4 Å². The lowest BCUT2D eigenvalue weighted by Crippen LogP contribution is -2.28. The SMILES string of the molecule is O=C(COC(=O)CCc1nc(-c2ccsc2)no1)NCc1ccccc1. The smallest absolute Gasteiger partial charge is 0.306 e. The van der Waals surface area contributed by atoms with Crippen LogP contribution >= 0.6 is 11.3 Å². The third-order valence-corrected chi connectivity index (χ3v) is 4.17. The van der Waals surface area contributed by atoms with Gasteiger partial charge in [0, 0.05) is 23.9 Å². The molecule has 0 bridgehead atoms. The maximum absolute atomic E-state index is 11.7. The molecule has 7 nitrogen and oxygen atoms in total. The second-order valence-electron chi connectivity index (χ2n) is 5.45. The molecule has 3 rings (SSSR count). The molecular formula is C18H17N3O4S. The van der Waals surface area contributed by atoms with Gasteiger partial charge in [0.05, 0.1) is 6.42 Å². The van der Waals surface area contributed by atoms with Crippen molar-refractivity contribution < 1.29 is 18.8 Å². The molecule has 0 saturated carbocycles. The molecule has 3 aromatic rings. The number of amides is 1. The Bertz CT molecular complexity index is 846. The molecule has 0 atom stereocenters. The number of benzene rings is 1. The zero-order valence-electron chi connectivity index (χ0n) is 13.9. The van der Waals surface area contributed by atoms with Gasteiger partial charge in [0.25, 0.3) is 5.91 Å². The standard InChI is InChI=1S/C18H17N3O4S/c22-15(19-10-13-4-2-1-3-5-13)11-24-17(23)7-6-16-20-18(21-25-16)14-8-9-26-12-14/h1-5,8-9,12H,6-7,10-11H2,(H,19,22). The highest BCUT2D eigenvalue weighted by atomic mass is 32.1. The van der Waals surface area contributed by atoms with E-state index in [1.54, 1.807) is 11.3 Å². The zero-order valence-corrected chi connectivity index (χ0v) is 14.7. The fraction of sp³-hybridized carbons (Fsp3) is 0.222. The minimum Gasteiger partial charge on any atom is -0.456 e. The Morgan fingerprint density at radius 2 is 2.04 bits per heavy atom. The maximum atomic E-state index is 11.7. The number of carbonyl (C=O) groups excluding carboxylic acids is 2. The second-order valence-corrected chi connectivity index (χ2v) is 6.23. The fourth-order valence-corrected chi connectivity index (χ4v) is 2.77. The second kappa shape index (κ2) is 8.91. The highest BCUT2D eigenvalue weighted by Crippen LogP contribution is 2.19. The third kappa shape index (κ3) is 5.25. The van der Waals surface area contributed by atoms with Crippen LogP contribution in [-0.4, -0.2) is 28.6 Å². The molecule has 0 aliphatic carbocycles. The number of ether oxygens (including phenoxy) is 1. The van der Waals surface area contributed by atoms with Gasteiger partial charge in [-0.15, -0.1) is 0 Å². The van der Waals surface area contributed by atoms with Crippen molar-refractivity contribution in [2.75, 3.05) is 6.61 Å². The first-order chi connectivity index (χ1) is 12.7. The fourth-order valence-electron chi connectivity index (χ4n) is 2.14. The van der Waals surface area contributed by atoms with E-state index in [1.807, 2.05) is 47.2 Å². The van der Waals surface area contributed by atoms with E-state index in [1.165, 1.54) is 0 Å². The van der Waals surface area contributed by atoms with Crippen LogP contribution in [0.2, 0.25) is 0 Å². The van der Waals surface area contributed by atoms with Crippen LogP contribution < -0.4 is 5.32 Å². The molecule has 1 aromatic carbocycles. The Balaban J connectivity index is 1.36. The van der Waals surface area contributed by atoms with Gasteiger partial charge in [-0.2, -0.15) is 16.3 Å². The summed E-state index contributed by atoms with van der Waals surface area (Å²) >= 11 is 1.54. The van der Waals surface area contributed by atoms with Crippen LogP contribution in [0.3, 0.4) is 0 Å². The molecule has 1 N–H and O–H groups in total. The third-order valence-electron chi connectivity index (χ3n) is 3.49. The van der Waals surface area contributed by atoms with Crippen LogP contribution in [0.15, 0.2) is 51.7 Å². The Hall–Kier alpha value is -3.00. The summed E-state index contributed by atoms with van der Waals surface area (Å²) in [5.74, 6) is 0.0152.